The highest BCUT2D eigenvalue weighted by atomic mass is 28.3. The van der Waals surface area contributed by atoms with Crippen molar-refractivity contribution in [2.45, 2.75) is 72.9 Å². The van der Waals surface area contributed by atoms with E-state index in [1.807, 2.05) is 6.07 Å². The zero-order valence-corrected chi connectivity index (χ0v) is 33.3. The van der Waals surface area contributed by atoms with Crippen LogP contribution in [0.25, 0.3) is 72.4 Å². The molecular weight excluding hydrogens is 663 g/mol. The second-order valence-electron chi connectivity index (χ2n) is 16.2. The Bertz CT molecular complexity index is 2760. The highest BCUT2D eigenvalue weighted by Crippen LogP contribution is 2.43. The van der Waals surface area contributed by atoms with Gasteiger partial charge in [0.2, 0.25) is 5.71 Å². The van der Waals surface area contributed by atoms with Gasteiger partial charge in [-0.2, -0.15) is 4.57 Å². The molecule has 0 N–H and O–H groups in total. The molecule has 0 aliphatic rings. The van der Waals surface area contributed by atoms with Crippen LogP contribution in [-0.2, 0) is 7.05 Å². The molecule has 5 heteroatoms. The molecule has 0 aliphatic heterocycles. The van der Waals surface area contributed by atoms with E-state index in [9.17, 15) is 0 Å². The minimum Gasteiger partial charge on any atom is -0.437 e. The van der Waals surface area contributed by atoms with Crippen LogP contribution in [0.4, 0.5) is 0 Å². The molecule has 0 saturated carbocycles. The van der Waals surface area contributed by atoms with Crippen molar-refractivity contribution in [1.29, 1.82) is 0 Å². The minimum atomic E-state index is -2.33. The molecule has 0 atom stereocenters. The first-order chi connectivity index (χ1) is 26.5. The standard InChI is InChI=1S/C48H50N3OSi/c1-29(2)40-27-36(35-19-17-33(18-20-35)34-21-23-37(24-22-34)53(8,9)10)28-41(30(3)4)45(40)51-43-14-12-11-13-42(43)50(7)48(51)44-31(5)15-25-38-39-26-16-32(6)49-47(39)52-46(38)44/h11-30H,1-10H3/q+1/i6D3. The maximum absolute atomic E-state index is 7.98. The van der Waals surface area contributed by atoms with Crippen LogP contribution in [0.5, 0.6) is 0 Å². The second-order valence-corrected chi connectivity index (χ2v) is 21.3. The number of pyridine rings is 1. The van der Waals surface area contributed by atoms with E-state index in [0.29, 0.717) is 11.3 Å². The summed E-state index contributed by atoms with van der Waals surface area (Å²) < 4.78 is 35.2. The van der Waals surface area contributed by atoms with E-state index in [0.717, 1.165) is 38.8 Å². The summed E-state index contributed by atoms with van der Waals surface area (Å²) in [6.07, 6.45) is 0. The molecule has 0 fully saturated rings. The summed E-state index contributed by atoms with van der Waals surface area (Å²) in [6.45, 7) is 16.1. The van der Waals surface area contributed by atoms with Crippen molar-refractivity contribution in [3.05, 3.63) is 132 Å². The average Bonchev–Trinajstić information content (AvgIpc) is 3.67. The first kappa shape index (κ1) is 31.3. The zero-order valence-electron chi connectivity index (χ0n) is 35.3. The molecule has 0 bridgehead atoms. The van der Waals surface area contributed by atoms with Crippen molar-refractivity contribution in [3.8, 4) is 39.3 Å². The van der Waals surface area contributed by atoms with Gasteiger partial charge in [0.1, 0.15) is 11.3 Å². The number of para-hydroxylation sites is 2. The zero-order chi connectivity index (χ0) is 39.8. The molecular formula is C48H50N3OSi+. The van der Waals surface area contributed by atoms with Gasteiger partial charge in [0, 0.05) is 31.7 Å². The topological polar surface area (TPSA) is 34.8 Å². The number of nitrogens with zero attached hydrogens (tertiary/aromatic N) is 3. The van der Waals surface area contributed by atoms with Crippen LogP contribution >= 0.6 is 0 Å². The van der Waals surface area contributed by atoms with Crippen molar-refractivity contribution in [2.75, 3.05) is 0 Å². The molecule has 3 heterocycles. The third-order valence-corrected chi connectivity index (χ3v) is 13.0. The Morgan fingerprint density at radius 3 is 1.91 bits per heavy atom. The Labute approximate surface area is 319 Å². The molecule has 0 radical (unpaired) electrons. The summed E-state index contributed by atoms with van der Waals surface area (Å²) in [5.41, 5.74) is 13.8. The highest BCUT2D eigenvalue weighted by molar-refractivity contribution is 6.88. The summed E-state index contributed by atoms with van der Waals surface area (Å²) in [5.74, 6) is 1.43. The first-order valence-electron chi connectivity index (χ1n) is 20.3. The molecule has 53 heavy (non-hydrogen) atoms. The van der Waals surface area contributed by atoms with E-state index in [2.05, 4.69) is 172 Å². The Balaban J connectivity index is 1.35. The van der Waals surface area contributed by atoms with E-state index < -0.39 is 14.9 Å². The monoisotopic (exact) mass is 715 g/mol. The van der Waals surface area contributed by atoms with E-state index in [1.165, 1.54) is 44.3 Å². The van der Waals surface area contributed by atoms with E-state index >= 15 is 0 Å². The molecule has 3 aromatic heterocycles. The van der Waals surface area contributed by atoms with Gasteiger partial charge in [-0.25, -0.2) is 9.55 Å². The van der Waals surface area contributed by atoms with Crippen molar-refractivity contribution in [2.24, 2.45) is 7.05 Å². The van der Waals surface area contributed by atoms with Gasteiger partial charge in [0.25, 0.3) is 5.82 Å². The lowest BCUT2D eigenvalue weighted by molar-refractivity contribution is -0.633. The second kappa shape index (κ2) is 13.0. The molecule has 8 aromatic rings. The smallest absolute Gasteiger partial charge is 0.299 e. The molecule has 266 valence electrons. The Kier molecular flexibility index (Phi) is 7.67. The number of benzene rings is 5. The van der Waals surface area contributed by atoms with Gasteiger partial charge in [0.15, 0.2) is 16.6 Å². The van der Waals surface area contributed by atoms with Crippen molar-refractivity contribution < 1.29 is 13.1 Å². The predicted octanol–water partition coefficient (Wildman–Crippen LogP) is 12.2. The molecule has 5 aromatic carbocycles. The van der Waals surface area contributed by atoms with Crippen LogP contribution in [0.1, 0.15) is 66.0 Å². The Hall–Kier alpha value is -5.26. The SMILES string of the molecule is [2H]C([2H])([2H])c1ccc2c(n1)oc1c(-c3n(-c4c(C(C)C)cc(-c5ccc(-c6ccc([Si](C)(C)C)cc6)cc5)cc4C(C)C)c4ccccc4[n+]3C)c(C)ccc12. The van der Waals surface area contributed by atoms with Gasteiger partial charge >= 0.3 is 0 Å². The summed E-state index contributed by atoms with van der Waals surface area (Å²) >= 11 is 0. The van der Waals surface area contributed by atoms with Crippen molar-refractivity contribution >= 4 is 46.4 Å². The summed E-state index contributed by atoms with van der Waals surface area (Å²) in [6, 6.07) is 39.1. The molecule has 4 nitrogen and oxygen atoms in total. The molecule has 0 amide bonds. The Morgan fingerprint density at radius 1 is 0.717 bits per heavy atom. The molecule has 8 rings (SSSR count). The van der Waals surface area contributed by atoms with Gasteiger partial charge < -0.3 is 4.42 Å². The number of imidazole rings is 1. The van der Waals surface area contributed by atoms with Gasteiger partial charge in [0.05, 0.1) is 15.1 Å². The third kappa shape index (κ3) is 5.92. The molecule has 0 saturated heterocycles. The van der Waals surface area contributed by atoms with Crippen molar-refractivity contribution in [3.63, 3.8) is 0 Å². The lowest BCUT2D eigenvalue weighted by Crippen LogP contribution is -2.37. The first-order valence-corrected chi connectivity index (χ1v) is 22.3. The minimum absolute atomic E-state index is 0.0241. The third-order valence-electron chi connectivity index (χ3n) is 10.9. The largest absolute Gasteiger partial charge is 0.437 e. The van der Waals surface area contributed by atoms with E-state index in [1.54, 1.807) is 6.07 Å². The lowest BCUT2D eigenvalue weighted by atomic mass is 9.87. The van der Waals surface area contributed by atoms with Crippen LogP contribution < -0.4 is 9.75 Å². The predicted molar refractivity (Wildman–Crippen MR) is 226 cm³/mol. The molecule has 0 spiro atoms. The number of rotatable bonds is 7. The quantitative estimate of drug-likeness (QED) is 0.122. The fourth-order valence-corrected chi connectivity index (χ4v) is 9.09. The fourth-order valence-electron chi connectivity index (χ4n) is 7.92. The normalized spacial score (nSPS) is 13.4. The maximum Gasteiger partial charge on any atom is 0.299 e. The van der Waals surface area contributed by atoms with Crippen LogP contribution in [0.3, 0.4) is 0 Å². The number of hydrogen-bond donors (Lipinski definition) is 0. The van der Waals surface area contributed by atoms with Gasteiger partial charge in [-0.1, -0.05) is 125 Å². The molecule has 0 aliphatic carbocycles. The highest BCUT2D eigenvalue weighted by Gasteiger charge is 2.34. The number of aromatic nitrogens is 3. The number of aryl methyl sites for hydroxylation is 3. The average molecular weight is 716 g/mol. The van der Waals surface area contributed by atoms with Crippen molar-refractivity contribution in [1.82, 2.24) is 9.55 Å². The fraction of sp³-hybridized carbons (Fsp3) is 0.250. The summed E-state index contributed by atoms with van der Waals surface area (Å²) in [7, 11) is 0.760. The summed E-state index contributed by atoms with van der Waals surface area (Å²) in [4.78, 5) is 4.50. The Morgan fingerprint density at radius 2 is 1.30 bits per heavy atom. The number of hydrogen-bond acceptors (Lipinski definition) is 2. The van der Waals surface area contributed by atoms with E-state index in [-0.39, 0.29) is 17.5 Å². The van der Waals surface area contributed by atoms with Gasteiger partial charge in [-0.3, -0.25) is 0 Å². The van der Waals surface area contributed by atoms with Crippen LogP contribution in [0, 0.1) is 13.8 Å². The lowest BCUT2D eigenvalue weighted by Gasteiger charge is -2.21. The van der Waals surface area contributed by atoms with Crippen LogP contribution in [0.2, 0.25) is 19.6 Å². The number of furan rings is 1. The van der Waals surface area contributed by atoms with Crippen LogP contribution in [-0.4, -0.2) is 17.6 Å². The van der Waals surface area contributed by atoms with Gasteiger partial charge in [-0.05, 0) is 89.8 Å². The molecule has 0 unspecified atom stereocenters. The van der Waals surface area contributed by atoms with E-state index in [4.69, 9.17) is 8.53 Å². The summed E-state index contributed by atoms with van der Waals surface area (Å²) in [5, 5.41) is 3.17. The van der Waals surface area contributed by atoms with Gasteiger partial charge in [-0.15, -0.1) is 0 Å². The maximum atomic E-state index is 7.98. The van der Waals surface area contributed by atoms with Crippen LogP contribution in [0.15, 0.2) is 114 Å². The number of fused-ring (bicyclic) bond motifs is 4.